The first-order chi connectivity index (χ1) is 17.9. The smallest absolute Gasteiger partial charge is 0.287 e. The van der Waals surface area contributed by atoms with Crippen LogP contribution in [0, 0.1) is 17.7 Å². The van der Waals surface area contributed by atoms with Crippen molar-refractivity contribution < 1.29 is 30.8 Å². The summed E-state index contributed by atoms with van der Waals surface area (Å²) in [6, 6.07) is 5.47. The van der Waals surface area contributed by atoms with Crippen molar-refractivity contribution in [2.24, 2.45) is 16.2 Å². The van der Waals surface area contributed by atoms with Gasteiger partial charge in [-0.05, 0) is 35.9 Å². The van der Waals surface area contributed by atoms with Gasteiger partial charge in [0.15, 0.2) is 11.7 Å². The van der Waals surface area contributed by atoms with Gasteiger partial charge in [0, 0.05) is 30.6 Å². The van der Waals surface area contributed by atoms with Gasteiger partial charge in [0.1, 0.15) is 21.5 Å². The van der Waals surface area contributed by atoms with E-state index in [2.05, 4.69) is 14.4 Å². The van der Waals surface area contributed by atoms with Crippen LogP contribution in [0.3, 0.4) is 0 Å². The molecule has 5 rings (SSSR count). The Labute approximate surface area is 224 Å². The third-order valence-corrected chi connectivity index (χ3v) is 10.3. The Morgan fingerprint density at radius 1 is 1.16 bits per heavy atom. The van der Waals surface area contributed by atoms with E-state index in [1.165, 1.54) is 17.5 Å². The minimum Gasteiger partial charge on any atom is -0.334 e. The first kappa shape index (κ1) is 26.9. The number of ketones is 1. The highest BCUT2D eigenvalue weighted by molar-refractivity contribution is 7.91. The topological polar surface area (TPSA) is 142 Å². The molecule has 3 unspecified atom stereocenters. The number of likely N-dealkylation sites (tertiary alicyclic amines) is 1. The van der Waals surface area contributed by atoms with Crippen molar-refractivity contribution in [3.8, 4) is 0 Å². The fourth-order valence-electron chi connectivity index (χ4n) is 5.41. The maximum Gasteiger partial charge on any atom is 0.287 e. The highest BCUT2D eigenvalue weighted by Crippen LogP contribution is 2.41. The third-order valence-electron chi connectivity index (χ3n) is 7.16. The Bertz CT molecular complexity index is 1520. The largest absolute Gasteiger partial charge is 0.334 e. The maximum absolute atomic E-state index is 13.9. The standard InChI is InChI=1S/C24H27FN4O6S3/c1-37(32,33)26-11-15-13-36-23-21(15)38(34,35)28-22(27-23)19-20(30)17-5-3-2-4-6-18(17)29(24(19)31)12-14-7-9-16(25)10-8-14/h7-10,13,17-19,26H,2-6,11-12H2,1H3,(H,27,28). The number of sulfonamides is 2. The molecule has 2 N–H and O–H groups in total. The van der Waals surface area contributed by atoms with Crippen molar-refractivity contribution in [2.75, 3.05) is 11.6 Å². The number of carbonyl (C=O) groups is 2. The molecule has 0 spiro atoms. The van der Waals surface area contributed by atoms with E-state index in [1.54, 1.807) is 17.0 Å². The predicted octanol–water partition coefficient (Wildman–Crippen LogP) is 2.63. The SMILES string of the molecule is CS(=O)(=O)NCc1csc2c1S(=O)(=O)N=C(C1C(=O)C3CCCCCC3N(Cc3ccc(F)cc3)C1=O)N2. The maximum atomic E-state index is 13.9. The summed E-state index contributed by atoms with van der Waals surface area (Å²) in [7, 11) is -7.89. The molecule has 0 radical (unpaired) electrons. The van der Waals surface area contributed by atoms with E-state index in [0.29, 0.717) is 18.4 Å². The predicted molar refractivity (Wildman–Crippen MR) is 140 cm³/mol. The first-order valence-electron chi connectivity index (χ1n) is 12.2. The summed E-state index contributed by atoms with van der Waals surface area (Å²) in [5, 5.41) is 4.57. The number of carbonyl (C=O) groups excluding carboxylic acids is 2. The molecule has 1 aromatic carbocycles. The van der Waals surface area contributed by atoms with Gasteiger partial charge in [-0.1, -0.05) is 31.4 Å². The van der Waals surface area contributed by atoms with Gasteiger partial charge in [-0.25, -0.2) is 17.5 Å². The van der Waals surface area contributed by atoms with Crippen LogP contribution in [-0.2, 0) is 42.7 Å². The molecule has 2 aromatic rings. The molecule has 38 heavy (non-hydrogen) atoms. The number of amidine groups is 1. The van der Waals surface area contributed by atoms with Crippen molar-refractivity contribution in [3.05, 3.63) is 46.6 Å². The zero-order chi connectivity index (χ0) is 27.2. The molecule has 2 fully saturated rings. The second kappa shape index (κ2) is 10.1. The second-order valence-corrected chi connectivity index (χ2v) is 14.1. The van der Waals surface area contributed by atoms with Gasteiger partial charge in [0.25, 0.3) is 10.0 Å². The fraction of sp³-hybridized carbons (Fsp3) is 0.458. The molecule has 1 aromatic heterocycles. The lowest BCUT2D eigenvalue weighted by molar-refractivity contribution is -0.151. The minimum atomic E-state index is -4.32. The van der Waals surface area contributed by atoms with Gasteiger partial charge >= 0.3 is 0 Å². The quantitative estimate of drug-likeness (QED) is 0.499. The number of halogens is 1. The van der Waals surface area contributed by atoms with Crippen LogP contribution in [0.4, 0.5) is 9.39 Å². The number of Topliss-reactive ketones (excluding diaryl/α,β-unsaturated/α-hetero) is 1. The molecular formula is C24H27FN4O6S3. The minimum absolute atomic E-state index is 0.162. The number of fused-ring (bicyclic) bond motifs is 2. The highest BCUT2D eigenvalue weighted by Gasteiger charge is 2.51. The third kappa shape index (κ3) is 5.26. The van der Waals surface area contributed by atoms with Gasteiger partial charge in [0.05, 0.1) is 6.26 Å². The van der Waals surface area contributed by atoms with Gasteiger partial charge in [-0.3, -0.25) is 9.59 Å². The number of rotatable bonds is 6. The normalized spacial score (nSPS) is 25.2. The number of amides is 1. The summed E-state index contributed by atoms with van der Waals surface area (Å²) in [5.41, 5.74) is 0.916. The average Bonchev–Trinajstić information content (AvgIpc) is 3.10. The molecule has 14 heteroatoms. The van der Waals surface area contributed by atoms with Gasteiger partial charge < -0.3 is 10.2 Å². The summed E-state index contributed by atoms with van der Waals surface area (Å²) < 4.78 is 69.1. The van der Waals surface area contributed by atoms with E-state index < -0.39 is 43.6 Å². The van der Waals surface area contributed by atoms with E-state index in [1.807, 2.05) is 0 Å². The highest BCUT2D eigenvalue weighted by atomic mass is 32.2. The summed E-state index contributed by atoms with van der Waals surface area (Å²) in [4.78, 5) is 29.0. The second-order valence-electron chi connectivity index (χ2n) is 9.83. The Kier molecular flexibility index (Phi) is 7.18. The van der Waals surface area contributed by atoms with Crippen LogP contribution in [-0.4, -0.2) is 51.6 Å². The Hall–Kier alpha value is -2.68. The van der Waals surface area contributed by atoms with Crippen molar-refractivity contribution in [3.63, 3.8) is 0 Å². The number of hydrogen-bond donors (Lipinski definition) is 2. The van der Waals surface area contributed by atoms with E-state index in [4.69, 9.17) is 0 Å². The zero-order valence-corrected chi connectivity index (χ0v) is 23.0. The molecule has 1 saturated heterocycles. The molecule has 3 heterocycles. The molecule has 3 atom stereocenters. The molecule has 1 amide bonds. The Morgan fingerprint density at radius 2 is 1.87 bits per heavy atom. The lowest BCUT2D eigenvalue weighted by Gasteiger charge is -2.43. The van der Waals surface area contributed by atoms with Crippen LogP contribution in [0.5, 0.6) is 0 Å². The monoisotopic (exact) mass is 582 g/mol. The summed E-state index contributed by atoms with van der Waals surface area (Å²) in [5.74, 6) is -3.42. The molecule has 0 bridgehead atoms. The molecular weight excluding hydrogens is 555 g/mol. The molecule has 204 valence electrons. The van der Waals surface area contributed by atoms with Gasteiger partial charge in [0.2, 0.25) is 15.9 Å². The van der Waals surface area contributed by atoms with E-state index in [-0.39, 0.29) is 46.2 Å². The van der Waals surface area contributed by atoms with Crippen LogP contribution < -0.4 is 10.0 Å². The summed E-state index contributed by atoms with van der Waals surface area (Å²) in [6.45, 7) is -0.0808. The number of nitrogens with one attached hydrogen (secondary N) is 2. The Balaban J connectivity index is 1.50. The lowest BCUT2D eigenvalue weighted by Crippen LogP contribution is -2.59. The van der Waals surface area contributed by atoms with E-state index in [0.717, 1.165) is 36.9 Å². The average molecular weight is 583 g/mol. The van der Waals surface area contributed by atoms with Gasteiger partial charge in [-0.2, -0.15) is 8.42 Å². The summed E-state index contributed by atoms with van der Waals surface area (Å²) in [6.07, 6.45) is 4.82. The van der Waals surface area contributed by atoms with Crippen LogP contribution >= 0.6 is 11.3 Å². The summed E-state index contributed by atoms with van der Waals surface area (Å²) >= 11 is 1.03. The van der Waals surface area contributed by atoms with Crippen molar-refractivity contribution in [1.29, 1.82) is 0 Å². The molecule has 1 aliphatic carbocycles. The fourth-order valence-corrected chi connectivity index (χ4v) is 8.48. The molecule has 10 nitrogen and oxygen atoms in total. The number of hydrogen-bond acceptors (Lipinski definition) is 8. The number of anilines is 1. The van der Waals surface area contributed by atoms with Crippen molar-refractivity contribution in [1.82, 2.24) is 9.62 Å². The van der Waals surface area contributed by atoms with E-state index >= 15 is 0 Å². The van der Waals surface area contributed by atoms with Crippen LogP contribution in [0.15, 0.2) is 38.9 Å². The number of nitrogens with zero attached hydrogens (tertiary/aromatic N) is 2. The van der Waals surface area contributed by atoms with Crippen LogP contribution in [0.25, 0.3) is 0 Å². The molecule has 3 aliphatic rings. The van der Waals surface area contributed by atoms with E-state index in [9.17, 15) is 30.8 Å². The number of benzene rings is 1. The Morgan fingerprint density at radius 3 is 2.58 bits per heavy atom. The van der Waals surface area contributed by atoms with Crippen LogP contribution in [0.2, 0.25) is 0 Å². The number of piperidine rings is 1. The van der Waals surface area contributed by atoms with Crippen molar-refractivity contribution in [2.45, 2.75) is 56.1 Å². The van der Waals surface area contributed by atoms with Crippen LogP contribution in [0.1, 0.15) is 43.2 Å². The molecule has 1 saturated carbocycles. The number of thiophene rings is 1. The first-order valence-corrected chi connectivity index (χ1v) is 16.4. The van der Waals surface area contributed by atoms with Crippen molar-refractivity contribution >= 4 is 53.9 Å². The zero-order valence-electron chi connectivity index (χ0n) is 20.5. The molecule has 2 aliphatic heterocycles. The van der Waals surface area contributed by atoms with Gasteiger partial charge in [-0.15, -0.1) is 15.7 Å². The lowest BCUT2D eigenvalue weighted by atomic mass is 9.77.